The van der Waals surface area contributed by atoms with Gasteiger partial charge in [-0.15, -0.1) is 24.0 Å². The molecule has 0 amide bonds. The van der Waals surface area contributed by atoms with E-state index in [-0.39, 0.29) is 24.0 Å². The monoisotopic (exact) mass is 437 g/mol. The van der Waals surface area contributed by atoms with Crippen LogP contribution in [-0.4, -0.2) is 50.8 Å². The Hall–Kier alpha value is -0.0400. The summed E-state index contributed by atoms with van der Waals surface area (Å²) in [6.45, 7) is 7.04. The molecular weight excluding hydrogens is 401 g/mol. The Morgan fingerprint density at radius 3 is 2.65 bits per heavy atom. The number of hydrogen-bond acceptors (Lipinski definition) is 2. The predicted octanol–water partition coefficient (Wildman–Crippen LogP) is 3.90. The molecule has 1 N–H and O–H groups in total. The van der Waals surface area contributed by atoms with Crippen LogP contribution in [0.1, 0.15) is 58.3 Å². The van der Waals surface area contributed by atoms with Crippen molar-refractivity contribution >= 4 is 29.9 Å². The van der Waals surface area contributed by atoms with E-state index in [1.807, 2.05) is 7.05 Å². The minimum absolute atomic E-state index is 0. The summed E-state index contributed by atoms with van der Waals surface area (Å²) >= 11 is 0. The molecule has 136 valence electrons. The van der Waals surface area contributed by atoms with Crippen molar-refractivity contribution in [2.75, 3.05) is 39.9 Å². The van der Waals surface area contributed by atoms with E-state index in [9.17, 15) is 0 Å². The Morgan fingerprint density at radius 2 is 1.96 bits per heavy atom. The van der Waals surface area contributed by atoms with Crippen LogP contribution in [0.25, 0.3) is 0 Å². The molecule has 0 aromatic carbocycles. The normalized spacial score (nSPS) is 22.4. The number of likely N-dealkylation sites (tertiary alicyclic amines) is 1. The Morgan fingerprint density at radius 1 is 1.17 bits per heavy atom. The van der Waals surface area contributed by atoms with Gasteiger partial charge in [-0.25, -0.2) is 0 Å². The van der Waals surface area contributed by atoms with Crippen LogP contribution < -0.4 is 5.32 Å². The third kappa shape index (κ3) is 7.59. The maximum Gasteiger partial charge on any atom is 0.193 e. The Kier molecular flexibility index (Phi) is 11.3. The number of hydrogen-bond donors (Lipinski definition) is 1. The van der Waals surface area contributed by atoms with Crippen molar-refractivity contribution < 1.29 is 4.74 Å². The molecule has 0 radical (unpaired) electrons. The van der Waals surface area contributed by atoms with Crippen LogP contribution >= 0.6 is 24.0 Å². The number of unbranched alkanes of at least 4 members (excludes halogenated alkanes) is 1. The molecule has 1 saturated carbocycles. The van der Waals surface area contributed by atoms with Gasteiger partial charge in [0.05, 0.1) is 6.61 Å². The van der Waals surface area contributed by atoms with Crippen LogP contribution in [-0.2, 0) is 4.74 Å². The van der Waals surface area contributed by atoms with Gasteiger partial charge in [0.1, 0.15) is 0 Å². The van der Waals surface area contributed by atoms with Crippen LogP contribution in [0.4, 0.5) is 0 Å². The number of aliphatic imine (C=N–C) groups is 1. The first kappa shape index (κ1) is 21.0. The zero-order chi connectivity index (χ0) is 15.6. The molecular formula is C18H36IN3O. The molecule has 0 bridgehead atoms. The van der Waals surface area contributed by atoms with E-state index in [1.54, 1.807) is 0 Å². The molecule has 2 aliphatic rings. The highest BCUT2D eigenvalue weighted by Crippen LogP contribution is 2.28. The zero-order valence-electron chi connectivity index (χ0n) is 15.1. The molecule has 0 spiro atoms. The Bertz CT molecular complexity index is 332. The standard InChI is InChI=1S/C18H35N3O.HI/c1-3-22-15-17-11-13-21(14-17)18(19-2)20-12-7-6-10-16-8-4-5-9-16;/h16-17H,3-15H2,1-2H3,(H,19,20);1H. The van der Waals surface area contributed by atoms with Crippen LogP contribution in [0.2, 0.25) is 0 Å². The van der Waals surface area contributed by atoms with Gasteiger partial charge in [0, 0.05) is 39.2 Å². The number of halogens is 1. The van der Waals surface area contributed by atoms with Crippen molar-refractivity contribution in [1.82, 2.24) is 10.2 Å². The Labute approximate surface area is 159 Å². The van der Waals surface area contributed by atoms with E-state index in [4.69, 9.17) is 4.74 Å². The van der Waals surface area contributed by atoms with Crippen LogP contribution in [0.15, 0.2) is 4.99 Å². The largest absolute Gasteiger partial charge is 0.381 e. The molecule has 1 saturated heterocycles. The molecule has 4 nitrogen and oxygen atoms in total. The van der Waals surface area contributed by atoms with Crippen molar-refractivity contribution in [2.24, 2.45) is 16.8 Å². The van der Waals surface area contributed by atoms with Gasteiger partial charge in [0.25, 0.3) is 0 Å². The van der Waals surface area contributed by atoms with E-state index in [0.717, 1.165) is 44.7 Å². The molecule has 5 heteroatoms. The maximum atomic E-state index is 5.55. The lowest BCUT2D eigenvalue weighted by Crippen LogP contribution is -2.40. The first-order chi connectivity index (χ1) is 10.8. The van der Waals surface area contributed by atoms with Crippen LogP contribution in [0.5, 0.6) is 0 Å². The van der Waals surface area contributed by atoms with Gasteiger partial charge in [0.15, 0.2) is 5.96 Å². The van der Waals surface area contributed by atoms with E-state index in [1.165, 1.54) is 51.4 Å². The van der Waals surface area contributed by atoms with Gasteiger partial charge >= 0.3 is 0 Å². The van der Waals surface area contributed by atoms with Crippen LogP contribution in [0.3, 0.4) is 0 Å². The molecule has 1 heterocycles. The minimum Gasteiger partial charge on any atom is -0.381 e. The summed E-state index contributed by atoms with van der Waals surface area (Å²) in [5, 5.41) is 3.55. The lowest BCUT2D eigenvalue weighted by atomic mass is 10.0. The number of nitrogens with zero attached hydrogens (tertiary/aromatic N) is 2. The van der Waals surface area contributed by atoms with Gasteiger partial charge in [-0.1, -0.05) is 38.5 Å². The van der Waals surface area contributed by atoms with Crippen LogP contribution in [0, 0.1) is 11.8 Å². The average Bonchev–Trinajstić information content (AvgIpc) is 3.20. The summed E-state index contributed by atoms with van der Waals surface area (Å²) in [5.74, 6) is 2.78. The number of nitrogens with one attached hydrogen (secondary N) is 1. The molecule has 2 rings (SSSR count). The molecule has 23 heavy (non-hydrogen) atoms. The van der Waals surface area contributed by atoms with Gasteiger partial charge in [-0.3, -0.25) is 4.99 Å². The lowest BCUT2D eigenvalue weighted by Gasteiger charge is -2.22. The molecule has 1 atom stereocenters. The third-order valence-electron chi connectivity index (χ3n) is 5.15. The molecule has 0 aromatic heterocycles. The first-order valence-corrected chi connectivity index (χ1v) is 9.36. The summed E-state index contributed by atoms with van der Waals surface area (Å²) in [6, 6.07) is 0. The van der Waals surface area contributed by atoms with E-state index in [2.05, 4.69) is 22.1 Å². The van der Waals surface area contributed by atoms with Gasteiger partial charge < -0.3 is 15.0 Å². The zero-order valence-corrected chi connectivity index (χ0v) is 17.4. The first-order valence-electron chi connectivity index (χ1n) is 9.36. The maximum absolute atomic E-state index is 5.55. The van der Waals surface area contributed by atoms with Crippen molar-refractivity contribution in [3.8, 4) is 0 Å². The fraction of sp³-hybridized carbons (Fsp3) is 0.944. The smallest absolute Gasteiger partial charge is 0.193 e. The average molecular weight is 437 g/mol. The topological polar surface area (TPSA) is 36.9 Å². The molecule has 1 unspecified atom stereocenters. The van der Waals surface area contributed by atoms with Crippen molar-refractivity contribution in [2.45, 2.75) is 58.3 Å². The second-order valence-corrected chi connectivity index (χ2v) is 6.88. The van der Waals surface area contributed by atoms with E-state index >= 15 is 0 Å². The Balaban J connectivity index is 0.00000264. The van der Waals surface area contributed by atoms with Gasteiger partial charge in [-0.2, -0.15) is 0 Å². The predicted molar refractivity (Wildman–Crippen MR) is 109 cm³/mol. The van der Waals surface area contributed by atoms with Crippen molar-refractivity contribution in [3.05, 3.63) is 0 Å². The lowest BCUT2D eigenvalue weighted by molar-refractivity contribution is 0.114. The fourth-order valence-corrected chi connectivity index (χ4v) is 3.84. The minimum atomic E-state index is 0. The quantitative estimate of drug-likeness (QED) is 0.271. The molecule has 0 aromatic rings. The van der Waals surface area contributed by atoms with Crippen molar-refractivity contribution in [1.29, 1.82) is 0 Å². The summed E-state index contributed by atoms with van der Waals surface area (Å²) < 4.78 is 5.55. The van der Waals surface area contributed by atoms with E-state index in [0.29, 0.717) is 5.92 Å². The second kappa shape index (κ2) is 12.3. The highest BCUT2D eigenvalue weighted by Gasteiger charge is 2.24. The SMILES string of the molecule is CCOCC1CCN(C(=NC)NCCCCC2CCCC2)C1.I. The third-order valence-corrected chi connectivity index (χ3v) is 5.15. The number of rotatable bonds is 8. The molecule has 2 fully saturated rings. The van der Waals surface area contributed by atoms with Gasteiger partial charge in [-0.05, 0) is 25.7 Å². The summed E-state index contributed by atoms with van der Waals surface area (Å²) in [7, 11) is 1.90. The van der Waals surface area contributed by atoms with E-state index < -0.39 is 0 Å². The number of ether oxygens (including phenoxy) is 1. The van der Waals surface area contributed by atoms with Gasteiger partial charge in [0.2, 0.25) is 0 Å². The fourth-order valence-electron chi connectivity index (χ4n) is 3.84. The number of guanidine groups is 1. The summed E-state index contributed by atoms with van der Waals surface area (Å²) in [6.07, 6.45) is 11.2. The highest BCUT2D eigenvalue weighted by atomic mass is 127. The molecule has 1 aliphatic heterocycles. The molecule has 1 aliphatic carbocycles. The summed E-state index contributed by atoms with van der Waals surface area (Å²) in [4.78, 5) is 6.84. The highest BCUT2D eigenvalue weighted by molar-refractivity contribution is 14.0. The second-order valence-electron chi connectivity index (χ2n) is 6.88. The van der Waals surface area contributed by atoms with Crippen molar-refractivity contribution in [3.63, 3.8) is 0 Å². The summed E-state index contributed by atoms with van der Waals surface area (Å²) in [5.41, 5.74) is 0.